The molecule has 10 heteroatoms. The van der Waals surface area contributed by atoms with Crippen LogP contribution in [0.5, 0.6) is 0 Å². The topological polar surface area (TPSA) is 101 Å². The van der Waals surface area contributed by atoms with Gasteiger partial charge in [0.25, 0.3) is 0 Å². The number of aryl methyl sites for hydroxylation is 1. The summed E-state index contributed by atoms with van der Waals surface area (Å²) in [7, 11) is -3.55. The summed E-state index contributed by atoms with van der Waals surface area (Å²) < 4.78 is 33.2. The molecule has 0 aliphatic heterocycles. The van der Waals surface area contributed by atoms with Crippen LogP contribution in [0, 0.1) is 12.8 Å². The number of thiophene rings is 2. The van der Waals surface area contributed by atoms with Crippen molar-refractivity contribution in [3.63, 3.8) is 0 Å². The van der Waals surface area contributed by atoms with Crippen LogP contribution in [0.2, 0.25) is 0 Å². The number of sulfonamides is 1. The molecule has 1 aliphatic rings. The predicted octanol–water partition coefficient (Wildman–Crippen LogP) is 4.15. The van der Waals surface area contributed by atoms with Gasteiger partial charge < -0.3 is 9.84 Å². The van der Waals surface area contributed by atoms with E-state index in [1.54, 1.807) is 42.5 Å². The lowest BCUT2D eigenvalue weighted by Crippen LogP contribution is -2.25. The van der Waals surface area contributed by atoms with E-state index in [-0.39, 0.29) is 16.0 Å². The summed E-state index contributed by atoms with van der Waals surface area (Å²) in [6, 6.07) is 7.25. The Bertz CT molecular complexity index is 1160. The minimum Gasteiger partial charge on any atom is -0.354 e. The molecule has 30 heavy (non-hydrogen) atoms. The number of hydrogen-bond acceptors (Lipinski definition) is 7. The Hall–Kier alpha value is -2.27. The molecular weight excluding hydrogens is 442 g/mol. The lowest BCUT2D eigenvalue weighted by Gasteiger charge is -2.03. The molecule has 1 fully saturated rings. The van der Waals surface area contributed by atoms with Gasteiger partial charge in [0.15, 0.2) is 5.76 Å². The van der Waals surface area contributed by atoms with Crippen molar-refractivity contribution in [2.75, 3.05) is 11.9 Å². The van der Waals surface area contributed by atoms with E-state index in [4.69, 9.17) is 4.52 Å². The summed E-state index contributed by atoms with van der Waals surface area (Å²) >= 11 is 2.77. The van der Waals surface area contributed by atoms with E-state index in [2.05, 4.69) is 15.2 Å². The van der Waals surface area contributed by atoms with Crippen molar-refractivity contribution < 1.29 is 17.7 Å². The minimum atomic E-state index is -3.55. The molecule has 1 aliphatic carbocycles. The molecule has 0 radical (unpaired) electrons. The van der Waals surface area contributed by atoms with Crippen molar-refractivity contribution in [2.45, 2.75) is 30.4 Å². The number of amides is 1. The zero-order valence-corrected chi connectivity index (χ0v) is 18.7. The maximum atomic E-state index is 12.5. The smallest absolute Gasteiger partial charge is 0.250 e. The lowest BCUT2D eigenvalue weighted by molar-refractivity contribution is -0.117. The molecule has 0 spiro atoms. The predicted molar refractivity (Wildman–Crippen MR) is 119 cm³/mol. The van der Waals surface area contributed by atoms with Crippen LogP contribution < -0.4 is 10.0 Å². The maximum absolute atomic E-state index is 12.5. The molecular formula is C20H21N3O4S3. The summed E-state index contributed by atoms with van der Waals surface area (Å²) in [5.74, 6) is 0.496. The molecule has 2 N–H and O–H groups in total. The van der Waals surface area contributed by atoms with Crippen LogP contribution in [0.25, 0.3) is 12.2 Å². The first-order chi connectivity index (χ1) is 14.4. The van der Waals surface area contributed by atoms with Gasteiger partial charge in [-0.1, -0.05) is 11.2 Å². The van der Waals surface area contributed by atoms with Crippen molar-refractivity contribution in [1.82, 2.24) is 9.88 Å². The molecule has 158 valence electrons. The van der Waals surface area contributed by atoms with Crippen molar-refractivity contribution in [1.29, 1.82) is 0 Å². The van der Waals surface area contributed by atoms with E-state index in [0.717, 1.165) is 33.9 Å². The summed E-state index contributed by atoms with van der Waals surface area (Å²) in [6.45, 7) is 2.12. The molecule has 0 bridgehead atoms. The third kappa shape index (κ3) is 5.07. The van der Waals surface area contributed by atoms with Gasteiger partial charge >= 0.3 is 0 Å². The first-order valence-corrected chi connectivity index (χ1v) is 12.7. The van der Waals surface area contributed by atoms with Crippen molar-refractivity contribution in [3.05, 3.63) is 50.9 Å². The molecule has 0 unspecified atom stereocenters. The Morgan fingerprint density at radius 3 is 2.87 bits per heavy atom. The SMILES string of the molecule is Cc1noc(C=Cc2ccc(S(=O)(=O)NCCc3cccs3)s2)c1NC(=O)C1CC1. The van der Waals surface area contributed by atoms with E-state index in [1.807, 2.05) is 17.5 Å². The summed E-state index contributed by atoms with van der Waals surface area (Å²) in [6.07, 6.45) is 5.93. The molecule has 1 amide bonds. The highest BCUT2D eigenvalue weighted by atomic mass is 32.2. The van der Waals surface area contributed by atoms with Gasteiger partial charge in [-0.2, -0.15) is 0 Å². The molecule has 4 rings (SSSR count). The van der Waals surface area contributed by atoms with Crippen molar-refractivity contribution in [2.24, 2.45) is 5.92 Å². The van der Waals surface area contributed by atoms with Gasteiger partial charge in [-0.25, -0.2) is 13.1 Å². The molecule has 0 saturated heterocycles. The first-order valence-electron chi connectivity index (χ1n) is 9.49. The molecule has 7 nitrogen and oxygen atoms in total. The Balaban J connectivity index is 1.40. The van der Waals surface area contributed by atoms with Gasteiger partial charge in [0.05, 0.1) is 0 Å². The number of anilines is 1. The fraction of sp³-hybridized carbons (Fsp3) is 0.300. The van der Waals surface area contributed by atoms with Crippen LogP contribution in [-0.4, -0.2) is 26.0 Å². The van der Waals surface area contributed by atoms with E-state index >= 15 is 0 Å². The fourth-order valence-corrected chi connectivity index (χ4v) is 5.80. The van der Waals surface area contributed by atoms with E-state index in [1.165, 1.54) is 0 Å². The molecule has 0 aromatic carbocycles. The van der Waals surface area contributed by atoms with Crippen LogP contribution in [0.15, 0.2) is 38.4 Å². The number of nitrogens with one attached hydrogen (secondary N) is 2. The van der Waals surface area contributed by atoms with Crippen LogP contribution in [0.4, 0.5) is 5.69 Å². The number of nitrogens with zero attached hydrogens (tertiary/aromatic N) is 1. The van der Waals surface area contributed by atoms with Crippen LogP contribution in [0.3, 0.4) is 0 Å². The summed E-state index contributed by atoms with van der Waals surface area (Å²) in [5, 5.41) is 8.76. The van der Waals surface area contributed by atoms with Crippen LogP contribution >= 0.6 is 22.7 Å². The average molecular weight is 464 g/mol. The van der Waals surface area contributed by atoms with Gasteiger partial charge in [-0.3, -0.25) is 4.79 Å². The Labute approximate surface area is 182 Å². The Morgan fingerprint density at radius 1 is 1.30 bits per heavy atom. The number of aromatic nitrogens is 1. The number of carbonyl (C=O) groups is 1. The third-order valence-electron chi connectivity index (χ3n) is 4.60. The monoisotopic (exact) mass is 463 g/mol. The number of rotatable bonds is 9. The largest absolute Gasteiger partial charge is 0.354 e. The summed E-state index contributed by atoms with van der Waals surface area (Å²) in [5.41, 5.74) is 1.16. The second-order valence-electron chi connectivity index (χ2n) is 6.99. The highest BCUT2D eigenvalue weighted by Gasteiger charge is 2.30. The van der Waals surface area contributed by atoms with Gasteiger partial charge in [0.1, 0.15) is 15.6 Å². The maximum Gasteiger partial charge on any atom is 0.250 e. The van der Waals surface area contributed by atoms with Gasteiger partial charge in [0, 0.05) is 22.2 Å². The second-order valence-corrected chi connectivity index (χ2v) is 11.1. The van der Waals surface area contributed by atoms with E-state index in [9.17, 15) is 13.2 Å². The van der Waals surface area contributed by atoms with E-state index in [0.29, 0.717) is 30.1 Å². The molecule has 3 heterocycles. The average Bonchev–Trinajstić information content (AvgIpc) is 3.09. The zero-order valence-electron chi connectivity index (χ0n) is 16.3. The standard InChI is InChI=1S/C20H21N3O4S3/c1-13-19(22-20(24)14-4-5-14)17(27-23-13)8-6-16-7-9-18(29-16)30(25,26)21-11-10-15-3-2-12-28-15/h2-3,6-9,12,14,21H,4-5,10-11H2,1H3,(H,22,24). The highest BCUT2D eigenvalue weighted by molar-refractivity contribution is 7.91. The number of carbonyl (C=O) groups excluding carboxylic acids is 1. The zero-order chi connectivity index (χ0) is 21.1. The van der Waals surface area contributed by atoms with Gasteiger partial charge in [-0.15, -0.1) is 22.7 Å². The molecule has 3 aromatic rings. The Morgan fingerprint density at radius 2 is 2.13 bits per heavy atom. The fourth-order valence-electron chi connectivity index (χ4n) is 2.78. The third-order valence-corrected chi connectivity index (χ3v) is 8.53. The second kappa shape index (κ2) is 8.84. The highest BCUT2D eigenvalue weighted by Crippen LogP contribution is 2.32. The molecule has 0 atom stereocenters. The van der Waals surface area contributed by atoms with Gasteiger partial charge in [-0.05, 0) is 61.9 Å². The lowest BCUT2D eigenvalue weighted by atomic mass is 10.2. The van der Waals surface area contributed by atoms with Crippen molar-refractivity contribution >= 4 is 56.4 Å². The summed E-state index contributed by atoms with van der Waals surface area (Å²) in [4.78, 5) is 13.9. The molecule has 1 saturated carbocycles. The first kappa shape index (κ1) is 21.0. The number of hydrogen-bond donors (Lipinski definition) is 2. The van der Waals surface area contributed by atoms with Crippen LogP contribution in [-0.2, 0) is 21.2 Å². The van der Waals surface area contributed by atoms with Crippen LogP contribution in [0.1, 0.15) is 34.1 Å². The minimum absolute atomic E-state index is 0.0194. The normalized spacial score (nSPS) is 14.4. The van der Waals surface area contributed by atoms with E-state index < -0.39 is 10.0 Å². The van der Waals surface area contributed by atoms with Gasteiger partial charge in [0.2, 0.25) is 15.9 Å². The molecule has 3 aromatic heterocycles. The quantitative estimate of drug-likeness (QED) is 0.496. The Kier molecular flexibility index (Phi) is 6.19. The van der Waals surface area contributed by atoms with Crippen molar-refractivity contribution in [3.8, 4) is 0 Å².